The average Bonchev–Trinajstić information content (AvgIpc) is 2.41. The second kappa shape index (κ2) is 6.27. The van der Waals surface area contributed by atoms with Crippen molar-refractivity contribution in [3.63, 3.8) is 0 Å². The number of methoxy groups -OCH3 is 1. The molecule has 0 amide bonds. The molecule has 2 N–H and O–H groups in total. The van der Waals surface area contributed by atoms with Crippen LogP contribution >= 0.6 is 0 Å². The molecule has 1 aliphatic rings. The lowest BCUT2D eigenvalue weighted by molar-refractivity contribution is 0.0388. The molecule has 0 saturated carbocycles. The molecule has 100 valence electrons. The van der Waals surface area contributed by atoms with Gasteiger partial charge in [-0.25, -0.2) is 4.39 Å². The van der Waals surface area contributed by atoms with E-state index in [0.717, 1.165) is 43.6 Å². The average molecular weight is 252 g/mol. The topological polar surface area (TPSA) is 38.5 Å². The lowest BCUT2D eigenvalue weighted by Crippen LogP contribution is -2.36. The molecule has 1 aromatic carbocycles. The predicted molar refractivity (Wildman–Crippen MR) is 69.6 cm³/mol. The first kappa shape index (κ1) is 13.5. The number of rotatable bonds is 4. The largest absolute Gasteiger partial charge is 0.381 e. The highest BCUT2D eigenvalue weighted by atomic mass is 19.1. The van der Waals surface area contributed by atoms with Gasteiger partial charge in [-0.1, -0.05) is 6.07 Å². The minimum atomic E-state index is -0.211. The number of likely N-dealkylation sites (tertiary alicyclic amines) is 1. The number of hydrogen-bond acceptors (Lipinski definition) is 3. The Labute approximate surface area is 108 Å². The van der Waals surface area contributed by atoms with Gasteiger partial charge < -0.3 is 10.5 Å². The number of nitrogens with two attached hydrogens (primary N) is 1. The molecular formula is C14H21FN2O. The van der Waals surface area contributed by atoms with Crippen molar-refractivity contribution in [3.05, 3.63) is 35.1 Å². The maximum absolute atomic E-state index is 13.1. The van der Waals surface area contributed by atoms with E-state index in [4.69, 9.17) is 10.5 Å². The summed E-state index contributed by atoms with van der Waals surface area (Å²) < 4.78 is 18.5. The fourth-order valence-corrected chi connectivity index (χ4v) is 2.48. The maximum Gasteiger partial charge on any atom is 0.123 e. The summed E-state index contributed by atoms with van der Waals surface area (Å²) in [5, 5.41) is 0. The summed E-state index contributed by atoms with van der Waals surface area (Å²) >= 11 is 0. The number of piperidine rings is 1. The predicted octanol–water partition coefficient (Wildman–Crippen LogP) is 1.90. The molecule has 0 spiro atoms. The highest BCUT2D eigenvalue weighted by Crippen LogP contribution is 2.18. The van der Waals surface area contributed by atoms with Crippen LogP contribution in [-0.4, -0.2) is 31.2 Å². The summed E-state index contributed by atoms with van der Waals surface area (Å²) in [5.41, 5.74) is 7.70. The Kier molecular flexibility index (Phi) is 4.69. The third-order valence-corrected chi connectivity index (χ3v) is 3.65. The Balaban J connectivity index is 1.97. The molecule has 0 bridgehead atoms. The van der Waals surface area contributed by atoms with Crippen molar-refractivity contribution in [1.29, 1.82) is 0 Å². The van der Waals surface area contributed by atoms with Crippen LogP contribution in [0.3, 0.4) is 0 Å². The number of hydrogen-bond donors (Lipinski definition) is 1. The van der Waals surface area contributed by atoms with E-state index in [1.165, 1.54) is 12.1 Å². The lowest BCUT2D eigenvalue weighted by Gasteiger charge is -2.31. The molecule has 3 nitrogen and oxygen atoms in total. The smallest absolute Gasteiger partial charge is 0.123 e. The van der Waals surface area contributed by atoms with Crippen LogP contribution in [0.5, 0.6) is 0 Å². The van der Waals surface area contributed by atoms with E-state index in [2.05, 4.69) is 4.90 Å². The molecule has 1 saturated heterocycles. The van der Waals surface area contributed by atoms with E-state index in [-0.39, 0.29) is 5.82 Å². The highest BCUT2D eigenvalue weighted by molar-refractivity contribution is 5.27. The molecule has 0 radical (unpaired) electrons. The Hall–Kier alpha value is -0.970. The van der Waals surface area contributed by atoms with Crippen LogP contribution in [-0.2, 0) is 17.8 Å². The van der Waals surface area contributed by atoms with Gasteiger partial charge in [0.05, 0.1) is 6.10 Å². The summed E-state index contributed by atoms with van der Waals surface area (Å²) in [4.78, 5) is 2.38. The summed E-state index contributed by atoms with van der Waals surface area (Å²) in [7, 11) is 1.77. The van der Waals surface area contributed by atoms with Crippen LogP contribution in [0.25, 0.3) is 0 Å². The third kappa shape index (κ3) is 3.28. The SMILES string of the molecule is COC1CCN(Cc2ccc(F)cc2CN)CC1. The summed E-state index contributed by atoms with van der Waals surface area (Å²) in [6.07, 6.45) is 2.52. The van der Waals surface area contributed by atoms with Gasteiger partial charge in [-0.2, -0.15) is 0 Å². The van der Waals surface area contributed by atoms with E-state index in [1.807, 2.05) is 6.07 Å². The van der Waals surface area contributed by atoms with E-state index >= 15 is 0 Å². The zero-order chi connectivity index (χ0) is 13.0. The van der Waals surface area contributed by atoms with Gasteiger partial charge in [0.2, 0.25) is 0 Å². The summed E-state index contributed by atoms with van der Waals surface area (Å²) in [6, 6.07) is 4.90. The van der Waals surface area contributed by atoms with Gasteiger partial charge >= 0.3 is 0 Å². The van der Waals surface area contributed by atoms with Crippen LogP contribution < -0.4 is 5.73 Å². The van der Waals surface area contributed by atoms with Crippen molar-refractivity contribution in [1.82, 2.24) is 4.90 Å². The van der Waals surface area contributed by atoms with Crippen molar-refractivity contribution in [2.75, 3.05) is 20.2 Å². The molecule has 1 aliphatic heterocycles. The van der Waals surface area contributed by atoms with Crippen LogP contribution in [0.4, 0.5) is 4.39 Å². The van der Waals surface area contributed by atoms with E-state index in [9.17, 15) is 4.39 Å². The van der Waals surface area contributed by atoms with Gasteiger partial charge in [0.1, 0.15) is 5.82 Å². The minimum Gasteiger partial charge on any atom is -0.381 e. The molecule has 4 heteroatoms. The Morgan fingerprint density at radius 1 is 1.33 bits per heavy atom. The molecule has 1 aromatic rings. The summed E-state index contributed by atoms with van der Waals surface area (Å²) in [5.74, 6) is -0.211. The third-order valence-electron chi connectivity index (χ3n) is 3.65. The molecule has 18 heavy (non-hydrogen) atoms. The Morgan fingerprint density at radius 3 is 2.67 bits per heavy atom. The van der Waals surface area contributed by atoms with Crippen molar-refractivity contribution in [2.24, 2.45) is 5.73 Å². The Morgan fingerprint density at radius 2 is 2.06 bits per heavy atom. The van der Waals surface area contributed by atoms with Crippen molar-refractivity contribution >= 4 is 0 Å². The minimum absolute atomic E-state index is 0.211. The van der Waals surface area contributed by atoms with Gasteiger partial charge in [0.25, 0.3) is 0 Å². The highest BCUT2D eigenvalue weighted by Gasteiger charge is 2.19. The lowest BCUT2D eigenvalue weighted by atomic mass is 10.0. The first-order valence-electron chi connectivity index (χ1n) is 6.45. The fourth-order valence-electron chi connectivity index (χ4n) is 2.48. The Bertz CT molecular complexity index is 389. The molecule has 0 aliphatic carbocycles. The number of nitrogens with zero attached hydrogens (tertiary/aromatic N) is 1. The molecule has 0 aromatic heterocycles. The standard InChI is InChI=1S/C14H21FN2O/c1-18-14-4-6-17(7-5-14)10-11-2-3-13(15)8-12(11)9-16/h2-3,8,14H,4-7,9-10,16H2,1H3. The molecule has 0 unspecified atom stereocenters. The first-order valence-corrected chi connectivity index (χ1v) is 6.45. The van der Waals surface area contributed by atoms with Crippen molar-refractivity contribution < 1.29 is 9.13 Å². The molecule has 2 rings (SSSR count). The normalized spacial score (nSPS) is 18.2. The molecular weight excluding hydrogens is 231 g/mol. The maximum atomic E-state index is 13.1. The zero-order valence-corrected chi connectivity index (χ0v) is 10.9. The van der Waals surface area contributed by atoms with Gasteiger partial charge in [0.15, 0.2) is 0 Å². The quantitative estimate of drug-likeness (QED) is 0.889. The number of benzene rings is 1. The van der Waals surface area contributed by atoms with Crippen molar-refractivity contribution in [3.8, 4) is 0 Å². The van der Waals surface area contributed by atoms with Crippen LogP contribution in [0.15, 0.2) is 18.2 Å². The van der Waals surface area contributed by atoms with Gasteiger partial charge in [-0.05, 0) is 36.1 Å². The van der Waals surface area contributed by atoms with Crippen LogP contribution in [0, 0.1) is 5.82 Å². The number of ether oxygens (including phenoxy) is 1. The fraction of sp³-hybridized carbons (Fsp3) is 0.571. The van der Waals surface area contributed by atoms with E-state index in [0.29, 0.717) is 12.6 Å². The van der Waals surface area contributed by atoms with E-state index in [1.54, 1.807) is 7.11 Å². The molecule has 1 heterocycles. The molecule has 0 atom stereocenters. The summed E-state index contributed by atoms with van der Waals surface area (Å²) in [6.45, 7) is 3.30. The number of halogens is 1. The molecule has 1 fully saturated rings. The monoisotopic (exact) mass is 252 g/mol. The van der Waals surface area contributed by atoms with Gasteiger partial charge in [-0.3, -0.25) is 4.90 Å². The van der Waals surface area contributed by atoms with Crippen LogP contribution in [0.1, 0.15) is 24.0 Å². The second-order valence-electron chi connectivity index (χ2n) is 4.83. The van der Waals surface area contributed by atoms with E-state index < -0.39 is 0 Å². The van der Waals surface area contributed by atoms with Crippen LogP contribution in [0.2, 0.25) is 0 Å². The first-order chi connectivity index (χ1) is 8.72. The van der Waals surface area contributed by atoms with Gasteiger partial charge in [-0.15, -0.1) is 0 Å². The van der Waals surface area contributed by atoms with Gasteiger partial charge in [0, 0.05) is 33.3 Å². The zero-order valence-electron chi connectivity index (χ0n) is 10.9. The van der Waals surface area contributed by atoms with Crippen molar-refractivity contribution in [2.45, 2.75) is 32.0 Å². The second-order valence-corrected chi connectivity index (χ2v) is 4.83.